The van der Waals surface area contributed by atoms with Crippen molar-refractivity contribution in [1.82, 2.24) is 4.98 Å². The molecule has 0 aliphatic heterocycles. The van der Waals surface area contributed by atoms with E-state index >= 15 is 0 Å². The van der Waals surface area contributed by atoms with Gasteiger partial charge in [-0.15, -0.1) is 35.6 Å². The van der Waals surface area contributed by atoms with E-state index in [9.17, 15) is 0 Å². The number of nitrogens with zero attached hydrogens (tertiary/aromatic N) is 1. The fourth-order valence-electron chi connectivity index (χ4n) is 1.44. The second kappa shape index (κ2) is 31.5. The molecule has 0 spiro atoms. The second-order valence-corrected chi connectivity index (χ2v) is 3.59. The van der Waals surface area contributed by atoms with Crippen molar-refractivity contribution >= 4 is 10.9 Å². The summed E-state index contributed by atoms with van der Waals surface area (Å²) in [6, 6.07) is 11.2. The van der Waals surface area contributed by atoms with Gasteiger partial charge in [0.15, 0.2) is 0 Å². The quantitative estimate of drug-likeness (QED) is 0.482. The predicted molar refractivity (Wildman–Crippen MR) is 115 cm³/mol. The van der Waals surface area contributed by atoms with Crippen LogP contribution in [0.1, 0.15) is 12.0 Å². The maximum atomic E-state index is 7.00. The molecule has 3 rings (SSSR count). The Morgan fingerprint density at radius 3 is 1.88 bits per heavy atom. The van der Waals surface area contributed by atoms with Gasteiger partial charge in [-0.05, 0) is 5.52 Å². The minimum atomic E-state index is 0. The number of hydrogen-bond acceptors (Lipinski definition) is 3. The molecule has 4 heteroatoms. The summed E-state index contributed by atoms with van der Waals surface area (Å²) < 4.78 is 0. The first-order valence-corrected chi connectivity index (χ1v) is 6.21. The average Bonchev–Trinajstić information content (AvgIpc) is 3.11. The molecule has 0 saturated heterocycles. The van der Waals surface area contributed by atoms with Crippen LogP contribution in [-0.4, -0.2) is 29.4 Å². The monoisotopic (exact) mass is 394 g/mol. The van der Waals surface area contributed by atoms with Gasteiger partial charge >= 0.3 is 0 Å². The molecule has 0 radical (unpaired) electrons. The Balaban J connectivity index is -0.0000000426. The number of aromatic nitrogens is 1. The van der Waals surface area contributed by atoms with Crippen molar-refractivity contribution in [2.45, 2.75) is 13.3 Å². The molecule has 0 atom stereocenters. The number of allylic oxidation sites excluding steroid dienone is 4. The first-order chi connectivity index (χ1) is 9.86. The van der Waals surface area contributed by atoms with Gasteiger partial charge in [0, 0.05) is 35.9 Å². The minimum Gasteiger partial charge on any atom is -0.400 e. The van der Waals surface area contributed by atoms with Gasteiger partial charge in [0.05, 0.1) is 0 Å². The zero-order valence-corrected chi connectivity index (χ0v) is 19.2. The van der Waals surface area contributed by atoms with E-state index in [-0.39, 0.29) is 58.9 Å². The third-order valence-corrected chi connectivity index (χ3v) is 2.22. The zero-order valence-electron chi connectivity index (χ0n) is 17.7. The van der Waals surface area contributed by atoms with Gasteiger partial charge in [-0.2, -0.15) is 6.08 Å². The van der Waals surface area contributed by atoms with Crippen LogP contribution >= 0.6 is 0 Å². The van der Waals surface area contributed by atoms with Gasteiger partial charge in [0.1, 0.15) is 0 Å². The zero-order chi connectivity index (χ0) is 15.2. The Morgan fingerprint density at radius 1 is 0.923 bits per heavy atom. The van der Waals surface area contributed by atoms with Gasteiger partial charge in [-0.1, -0.05) is 25.3 Å². The summed E-state index contributed by atoms with van der Waals surface area (Å²) in [6.45, 7) is 2.00. The Morgan fingerprint density at radius 2 is 1.46 bits per heavy atom. The fourth-order valence-corrected chi connectivity index (χ4v) is 1.44. The molecule has 3 nitrogen and oxygen atoms in total. The smallest absolute Gasteiger partial charge is 0.0319 e. The second-order valence-electron chi connectivity index (χ2n) is 3.59. The Kier molecular flexibility index (Phi) is 53.7. The summed E-state index contributed by atoms with van der Waals surface area (Å²) in [7, 11) is 2.00. The molecule has 1 aromatic heterocycles. The predicted octanol–water partition coefficient (Wildman–Crippen LogP) is 5.12. The number of aliphatic hydroxyl groups is 2. The number of benzene rings is 1. The van der Waals surface area contributed by atoms with Gasteiger partial charge in [-0.25, -0.2) is 12.2 Å². The topological polar surface area (TPSA) is 53.4 Å². The summed E-state index contributed by atoms with van der Waals surface area (Å²) in [5, 5.41) is 15.1. The van der Waals surface area contributed by atoms with Crippen LogP contribution in [0.2, 0.25) is 0 Å². The summed E-state index contributed by atoms with van der Waals surface area (Å²) in [5.41, 5.74) is 2.10. The van der Waals surface area contributed by atoms with E-state index in [1.807, 2.05) is 49.5 Å². The van der Waals surface area contributed by atoms with Gasteiger partial charge < -0.3 is 52.3 Å². The van der Waals surface area contributed by atoms with Crippen molar-refractivity contribution in [1.29, 1.82) is 0 Å². The Bertz CT molecular complexity index is 530. The summed E-state index contributed by atoms with van der Waals surface area (Å²) in [4.78, 5) is 4.25. The molecule has 152 valence electrons. The van der Waals surface area contributed by atoms with Crippen molar-refractivity contribution in [3.05, 3.63) is 104 Å². The van der Waals surface area contributed by atoms with Gasteiger partial charge in [0.2, 0.25) is 0 Å². The molecular weight excluding hydrogens is 358 g/mol. The number of aliphatic hydroxyl groups excluding tert-OH is 2. The van der Waals surface area contributed by atoms with Crippen LogP contribution < -0.4 is 0 Å². The minimum absolute atomic E-state index is 0. The van der Waals surface area contributed by atoms with Crippen LogP contribution in [0.25, 0.3) is 10.9 Å². The number of hydrogen-bond donors (Lipinski definition) is 2. The van der Waals surface area contributed by atoms with Crippen molar-refractivity contribution in [2.24, 2.45) is 0 Å². The van der Waals surface area contributed by atoms with Crippen molar-refractivity contribution < 1.29 is 31.9 Å². The van der Waals surface area contributed by atoms with Crippen LogP contribution in [-0.2, 0) is 21.7 Å². The third kappa shape index (κ3) is 19.1. The van der Waals surface area contributed by atoms with E-state index in [4.69, 9.17) is 10.2 Å². The summed E-state index contributed by atoms with van der Waals surface area (Å²) in [5.74, 6) is 0. The van der Waals surface area contributed by atoms with Crippen LogP contribution in [0.3, 0.4) is 0 Å². The summed E-state index contributed by atoms with van der Waals surface area (Å²) >= 11 is 0. The van der Waals surface area contributed by atoms with Crippen LogP contribution in [0, 0.1) is 56.2 Å². The molecule has 1 aliphatic rings. The van der Waals surface area contributed by atoms with E-state index in [0.717, 1.165) is 37.1 Å². The molecule has 1 heterocycles. The molecule has 1 aromatic carbocycles. The largest absolute Gasteiger partial charge is 0.400 e. The van der Waals surface area contributed by atoms with Crippen LogP contribution in [0.15, 0.2) is 48.7 Å². The molecule has 2 aromatic rings. The Labute approximate surface area is 178 Å². The Hall–Kier alpha value is -1.26. The standard InChI is InChI=1S/C10H8N.C5H5.2CH4O.5CH3.Ti/c1-8-6-9-4-2-3-5-10(9)11-7-8;1-2-4-5-3-1;2*1-2;;;;;;/h2-5,7H,1H3;1-3H,4H2;2*2H,1H3;5*1H3;/q2*-1;;;5*-1;. The first-order valence-electron chi connectivity index (χ1n) is 6.21. The van der Waals surface area contributed by atoms with Gasteiger partial charge in [0.25, 0.3) is 0 Å². The summed E-state index contributed by atoms with van der Waals surface area (Å²) in [6.07, 6.45) is 11.8. The number of rotatable bonds is 0. The van der Waals surface area contributed by atoms with E-state index in [0.29, 0.717) is 0 Å². The maximum absolute atomic E-state index is 7.00. The number of aryl methyl sites for hydroxylation is 1. The molecular formula is C22H36NO2Ti-7. The van der Waals surface area contributed by atoms with E-state index in [1.165, 1.54) is 0 Å². The first kappa shape index (κ1) is 44.3. The normalized spacial score (nSPS) is 8.19. The van der Waals surface area contributed by atoms with Crippen LogP contribution in [0.4, 0.5) is 0 Å². The van der Waals surface area contributed by atoms with E-state index in [2.05, 4.69) is 23.2 Å². The molecule has 0 amide bonds. The third-order valence-electron chi connectivity index (χ3n) is 2.22. The number of para-hydroxylation sites is 1. The number of fused-ring (bicyclic) bond motifs is 1. The van der Waals surface area contributed by atoms with Gasteiger partial charge in [-0.3, -0.25) is 6.08 Å². The average molecular weight is 394 g/mol. The van der Waals surface area contributed by atoms with E-state index in [1.54, 1.807) is 0 Å². The molecule has 1 aliphatic carbocycles. The van der Waals surface area contributed by atoms with Crippen LogP contribution in [0.5, 0.6) is 0 Å². The molecule has 0 fully saturated rings. The molecule has 26 heavy (non-hydrogen) atoms. The van der Waals surface area contributed by atoms with Crippen molar-refractivity contribution in [3.63, 3.8) is 0 Å². The molecule has 2 N–H and O–H groups in total. The van der Waals surface area contributed by atoms with Crippen molar-refractivity contribution in [2.75, 3.05) is 14.2 Å². The molecule has 0 unspecified atom stereocenters. The number of pyridine rings is 1. The molecule has 0 bridgehead atoms. The maximum Gasteiger partial charge on any atom is 0.0319 e. The van der Waals surface area contributed by atoms with E-state index < -0.39 is 0 Å². The molecule has 0 saturated carbocycles. The van der Waals surface area contributed by atoms with Crippen molar-refractivity contribution in [3.8, 4) is 0 Å². The fraction of sp³-hybridized carbons (Fsp3) is 0.182. The SMILES string of the molecule is CO.CO.Cc1[c-]c2ccccc2nc1.[C-]1=CC=CC1.[CH3-].[CH3-].[CH3-].[CH3-].[CH3-].[Ti].